The Hall–Kier alpha value is -3.83. The lowest BCUT2D eigenvalue weighted by Crippen LogP contribution is -2.39. The lowest BCUT2D eigenvalue weighted by atomic mass is 10.1. The van der Waals surface area contributed by atoms with Crippen LogP contribution in [-0.2, 0) is 22.4 Å². The molecule has 0 aliphatic heterocycles. The summed E-state index contributed by atoms with van der Waals surface area (Å²) in [4.78, 5) is 26.5. The highest BCUT2D eigenvalue weighted by Crippen LogP contribution is 2.30. The molecule has 11 nitrogen and oxygen atoms in total. The van der Waals surface area contributed by atoms with Gasteiger partial charge in [0.2, 0.25) is 11.8 Å². The van der Waals surface area contributed by atoms with Crippen molar-refractivity contribution >= 4 is 11.8 Å². The number of rotatable bonds is 15. The first kappa shape index (κ1) is 29.2. The Morgan fingerprint density at radius 1 is 1.18 bits per heavy atom. The molecule has 1 aromatic carbocycles. The molecule has 1 fully saturated rings. The van der Waals surface area contributed by atoms with Gasteiger partial charge < -0.3 is 29.4 Å². The molecule has 2 heterocycles. The minimum atomic E-state index is -1.49. The summed E-state index contributed by atoms with van der Waals surface area (Å²) in [6, 6.07) is 8.53. The SMILES string of the molecule is Cc1cc(CCc2nnc(-c3cccnc3OCC3CCCC3)o2)ccc1OC(O)CCN[C@@H](C)C(=O)C(=O)O. The van der Waals surface area contributed by atoms with Crippen molar-refractivity contribution < 1.29 is 33.7 Å². The first-order valence-electron chi connectivity index (χ1n) is 13.7. The van der Waals surface area contributed by atoms with Crippen molar-refractivity contribution in [3.63, 3.8) is 0 Å². The number of aromatic nitrogens is 3. The summed E-state index contributed by atoms with van der Waals surface area (Å²) in [5, 5.41) is 30.1. The normalized spacial score (nSPS) is 15.1. The molecule has 1 unspecified atom stereocenters. The topological polar surface area (TPSA) is 157 Å². The molecule has 3 N–H and O–H groups in total. The number of hydrogen-bond acceptors (Lipinski definition) is 10. The molecule has 0 amide bonds. The number of nitrogens with one attached hydrogen (secondary N) is 1. The van der Waals surface area contributed by atoms with Crippen molar-refractivity contribution in [3.8, 4) is 23.1 Å². The second-order valence-electron chi connectivity index (χ2n) is 10.1. The van der Waals surface area contributed by atoms with Gasteiger partial charge in [-0.25, -0.2) is 9.78 Å². The van der Waals surface area contributed by atoms with Gasteiger partial charge in [0.1, 0.15) is 11.3 Å². The predicted molar refractivity (Wildman–Crippen MR) is 145 cm³/mol. The third-order valence-electron chi connectivity index (χ3n) is 6.97. The van der Waals surface area contributed by atoms with E-state index in [-0.39, 0.29) is 13.0 Å². The quantitative estimate of drug-likeness (QED) is 0.187. The summed E-state index contributed by atoms with van der Waals surface area (Å²) >= 11 is 0. The summed E-state index contributed by atoms with van der Waals surface area (Å²) in [5.74, 6) is 0.0920. The number of aryl methyl sites for hydroxylation is 3. The Balaban J connectivity index is 1.26. The maximum atomic E-state index is 11.4. The molecule has 0 spiro atoms. The molecule has 0 bridgehead atoms. The largest absolute Gasteiger partial charge is 0.477 e. The lowest BCUT2D eigenvalue weighted by Gasteiger charge is -2.17. The molecule has 2 atom stereocenters. The number of ketones is 1. The standard InChI is InChI=1S/C29H36N4O7/c1-18-16-20(9-11-23(18)39-25(34)13-15-30-19(2)26(35)29(36)37)10-12-24-32-33-28(40-24)22-8-5-14-31-27(22)38-17-21-6-3-4-7-21/h5,8-9,11,14,16,19,21,25,30,34H,3-4,6-7,10,12-13,15,17H2,1-2H3,(H,36,37)/t19-,25?/m0/s1. The number of aliphatic hydroxyl groups excluding tert-OH is 1. The lowest BCUT2D eigenvalue weighted by molar-refractivity contribution is -0.149. The summed E-state index contributed by atoms with van der Waals surface area (Å²) in [5.41, 5.74) is 2.58. The number of carboxylic acid groups (broad SMARTS) is 1. The highest BCUT2D eigenvalue weighted by molar-refractivity contribution is 6.34. The molecule has 1 aliphatic carbocycles. The van der Waals surface area contributed by atoms with Crippen LogP contribution in [0.4, 0.5) is 0 Å². The van der Waals surface area contributed by atoms with E-state index in [2.05, 4.69) is 20.5 Å². The first-order chi connectivity index (χ1) is 19.3. The Morgan fingerprint density at radius 2 is 1.98 bits per heavy atom. The van der Waals surface area contributed by atoms with Gasteiger partial charge in [-0.15, -0.1) is 10.2 Å². The number of aliphatic hydroxyl groups is 1. The number of carboxylic acids is 1. The molecular formula is C29H36N4O7. The number of ether oxygens (including phenoxy) is 2. The Bertz CT molecular complexity index is 1290. The van der Waals surface area contributed by atoms with Crippen molar-refractivity contribution in [3.05, 3.63) is 53.5 Å². The van der Waals surface area contributed by atoms with Crippen LogP contribution in [0.1, 0.15) is 56.0 Å². The smallest absolute Gasteiger partial charge is 0.373 e. The molecule has 0 saturated heterocycles. The van der Waals surface area contributed by atoms with E-state index in [1.54, 1.807) is 12.3 Å². The Kier molecular flexibility index (Phi) is 10.2. The van der Waals surface area contributed by atoms with Crippen molar-refractivity contribution in [1.29, 1.82) is 0 Å². The predicted octanol–water partition coefficient (Wildman–Crippen LogP) is 3.51. The van der Waals surface area contributed by atoms with Gasteiger partial charge >= 0.3 is 5.97 Å². The molecule has 3 aromatic rings. The average Bonchev–Trinajstić information content (AvgIpc) is 3.64. The highest BCUT2D eigenvalue weighted by atomic mass is 16.6. The minimum absolute atomic E-state index is 0.183. The maximum Gasteiger partial charge on any atom is 0.373 e. The van der Waals surface area contributed by atoms with Gasteiger partial charge in [0.15, 0.2) is 6.29 Å². The summed E-state index contributed by atoms with van der Waals surface area (Å²) in [7, 11) is 0. The van der Waals surface area contributed by atoms with Gasteiger partial charge in [-0.05, 0) is 68.4 Å². The van der Waals surface area contributed by atoms with Crippen molar-refractivity contribution in [2.24, 2.45) is 5.92 Å². The average molecular weight is 553 g/mol. The number of nitrogens with zero attached hydrogens (tertiary/aromatic N) is 3. The highest BCUT2D eigenvalue weighted by Gasteiger charge is 2.21. The van der Waals surface area contributed by atoms with Gasteiger partial charge in [0.05, 0.1) is 12.6 Å². The van der Waals surface area contributed by atoms with E-state index in [1.807, 2.05) is 31.2 Å². The van der Waals surface area contributed by atoms with Crippen LogP contribution in [0, 0.1) is 12.8 Å². The first-order valence-corrected chi connectivity index (χ1v) is 13.7. The van der Waals surface area contributed by atoms with Gasteiger partial charge in [-0.1, -0.05) is 25.0 Å². The Morgan fingerprint density at radius 3 is 2.73 bits per heavy atom. The van der Waals surface area contributed by atoms with E-state index in [0.29, 0.717) is 54.3 Å². The third kappa shape index (κ3) is 8.09. The number of benzene rings is 1. The number of carbonyl (C=O) groups excluding carboxylic acids is 1. The minimum Gasteiger partial charge on any atom is -0.477 e. The van der Waals surface area contributed by atoms with Gasteiger partial charge in [-0.3, -0.25) is 4.79 Å². The fourth-order valence-corrected chi connectivity index (χ4v) is 4.66. The van der Waals surface area contributed by atoms with Crippen LogP contribution >= 0.6 is 0 Å². The van der Waals surface area contributed by atoms with Crippen LogP contribution in [0.2, 0.25) is 0 Å². The zero-order chi connectivity index (χ0) is 28.5. The molecule has 1 aliphatic rings. The van der Waals surface area contributed by atoms with Crippen LogP contribution in [-0.4, -0.2) is 62.6 Å². The number of aliphatic carboxylic acids is 1. The molecule has 0 radical (unpaired) electrons. The molecule has 2 aromatic heterocycles. The monoisotopic (exact) mass is 552 g/mol. The molecule has 11 heteroatoms. The molecule has 1 saturated carbocycles. The number of Topliss-reactive ketones (excluding diaryl/α,β-unsaturated/α-hetero) is 1. The van der Waals surface area contributed by atoms with E-state index in [4.69, 9.17) is 19.0 Å². The maximum absolute atomic E-state index is 11.4. The molecule has 214 valence electrons. The van der Waals surface area contributed by atoms with E-state index in [1.165, 1.54) is 32.6 Å². The summed E-state index contributed by atoms with van der Waals surface area (Å²) in [6.07, 6.45) is 6.88. The van der Waals surface area contributed by atoms with Gasteiger partial charge in [-0.2, -0.15) is 0 Å². The zero-order valence-corrected chi connectivity index (χ0v) is 22.8. The van der Waals surface area contributed by atoms with E-state index < -0.39 is 24.1 Å². The fourth-order valence-electron chi connectivity index (χ4n) is 4.66. The second kappa shape index (κ2) is 14.0. The summed E-state index contributed by atoms with van der Waals surface area (Å²) in [6.45, 7) is 4.21. The number of hydrogen-bond donors (Lipinski definition) is 3. The Labute approximate surface area is 232 Å². The number of carbonyl (C=O) groups is 2. The third-order valence-corrected chi connectivity index (χ3v) is 6.97. The van der Waals surface area contributed by atoms with Crippen molar-refractivity contribution in [2.45, 2.75) is 71.1 Å². The van der Waals surface area contributed by atoms with E-state index in [9.17, 15) is 14.7 Å². The summed E-state index contributed by atoms with van der Waals surface area (Å²) < 4.78 is 17.6. The van der Waals surface area contributed by atoms with Crippen LogP contribution in [0.15, 0.2) is 40.9 Å². The van der Waals surface area contributed by atoms with Gasteiger partial charge in [0.25, 0.3) is 11.7 Å². The zero-order valence-electron chi connectivity index (χ0n) is 22.8. The molecular weight excluding hydrogens is 516 g/mol. The van der Waals surface area contributed by atoms with Crippen LogP contribution in [0.5, 0.6) is 11.6 Å². The fraction of sp³-hybridized carbons (Fsp3) is 0.483. The van der Waals surface area contributed by atoms with Crippen LogP contribution in [0.3, 0.4) is 0 Å². The van der Waals surface area contributed by atoms with Crippen molar-refractivity contribution in [1.82, 2.24) is 20.5 Å². The van der Waals surface area contributed by atoms with Gasteiger partial charge in [0, 0.05) is 25.6 Å². The van der Waals surface area contributed by atoms with Crippen LogP contribution < -0.4 is 14.8 Å². The van der Waals surface area contributed by atoms with Crippen LogP contribution in [0.25, 0.3) is 11.5 Å². The van der Waals surface area contributed by atoms with Crippen molar-refractivity contribution in [2.75, 3.05) is 13.2 Å². The molecule has 4 rings (SSSR count). The van der Waals surface area contributed by atoms with E-state index >= 15 is 0 Å². The molecule has 40 heavy (non-hydrogen) atoms. The second-order valence-corrected chi connectivity index (χ2v) is 10.1. The number of pyridine rings is 1. The van der Waals surface area contributed by atoms with E-state index in [0.717, 1.165) is 11.1 Å².